The maximum Gasteiger partial charge on any atom is 0.432 e. The third-order valence-electron chi connectivity index (χ3n) is 6.21. The van der Waals surface area contributed by atoms with Crippen LogP contribution in [0.5, 0.6) is 0 Å². The lowest BCUT2D eigenvalue weighted by Gasteiger charge is -2.24. The summed E-state index contributed by atoms with van der Waals surface area (Å²) in [4.78, 5) is 14.2. The summed E-state index contributed by atoms with van der Waals surface area (Å²) in [5, 5.41) is 5.85. The van der Waals surface area contributed by atoms with E-state index in [-0.39, 0.29) is 5.69 Å². The van der Waals surface area contributed by atoms with Gasteiger partial charge in [0.05, 0.1) is 34.7 Å². The smallest absolute Gasteiger partial charge is 0.326 e. The van der Waals surface area contributed by atoms with Crippen molar-refractivity contribution in [2.45, 2.75) is 25.4 Å². The van der Waals surface area contributed by atoms with Gasteiger partial charge in [-0.1, -0.05) is 42.5 Å². The number of hydrogen-bond donors (Lipinski definition) is 1. The molecule has 0 unspecified atom stereocenters. The van der Waals surface area contributed by atoms with E-state index in [0.717, 1.165) is 34.5 Å². The summed E-state index contributed by atoms with van der Waals surface area (Å²) in [6.07, 6.45) is -2.70. The Hall–Kier alpha value is -4.27. The van der Waals surface area contributed by atoms with Crippen molar-refractivity contribution in [2.75, 3.05) is 0 Å². The number of halogens is 3. The average molecular weight is 489 g/mol. The molecule has 0 radical (unpaired) electrons. The first kappa shape index (κ1) is 23.5. The Morgan fingerprint density at radius 3 is 2.06 bits per heavy atom. The first-order chi connectivity index (χ1) is 17.1. The standard InChI is InChI=1S/C27H23F3N6/c1-26(2,22-13-7-11-18(32-22)20-15-24(35-34-20)27(28,29)30)23-14-8-12-19(33-23)21-16-31-25(36(21)3)17-9-5-4-6-10-17/h4-16H,1-3H3,(H,34,35). The van der Waals surface area contributed by atoms with E-state index in [1.54, 1.807) is 18.3 Å². The third kappa shape index (κ3) is 4.28. The predicted octanol–water partition coefficient (Wildman–Crippen LogP) is 6.28. The van der Waals surface area contributed by atoms with Gasteiger partial charge in [0.2, 0.25) is 0 Å². The van der Waals surface area contributed by atoms with Crippen molar-refractivity contribution in [1.29, 1.82) is 0 Å². The molecule has 9 heteroatoms. The van der Waals surface area contributed by atoms with Crippen molar-refractivity contribution < 1.29 is 13.2 Å². The molecule has 0 amide bonds. The zero-order valence-corrected chi connectivity index (χ0v) is 19.9. The highest BCUT2D eigenvalue weighted by atomic mass is 19.4. The van der Waals surface area contributed by atoms with Crippen LogP contribution in [0.3, 0.4) is 0 Å². The number of aromatic amines is 1. The number of nitrogens with zero attached hydrogens (tertiary/aromatic N) is 5. The molecule has 0 fully saturated rings. The number of imidazole rings is 1. The van der Waals surface area contributed by atoms with Crippen molar-refractivity contribution in [3.63, 3.8) is 0 Å². The summed E-state index contributed by atoms with van der Waals surface area (Å²) in [5.41, 5.74) is 3.00. The number of alkyl halides is 3. The van der Waals surface area contributed by atoms with Gasteiger partial charge in [-0.15, -0.1) is 0 Å². The number of rotatable bonds is 5. The van der Waals surface area contributed by atoms with Crippen molar-refractivity contribution in [2.24, 2.45) is 7.05 Å². The van der Waals surface area contributed by atoms with Crippen LogP contribution in [-0.4, -0.2) is 29.7 Å². The molecule has 4 heterocycles. The molecule has 0 saturated carbocycles. The van der Waals surface area contributed by atoms with E-state index >= 15 is 0 Å². The van der Waals surface area contributed by atoms with Crippen molar-refractivity contribution in [3.05, 3.63) is 96.1 Å². The number of hydrogen-bond acceptors (Lipinski definition) is 4. The molecule has 0 spiro atoms. The van der Waals surface area contributed by atoms with Gasteiger partial charge in [0.25, 0.3) is 0 Å². The maximum absolute atomic E-state index is 13.0. The molecule has 0 aliphatic rings. The second-order valence-corrected chi connectivity index (χ2v) is 9.00. The van der Waals surface area contributed by atoms with Crippen LogP contribution in [0, 0.1) is 0 Å². The van der Waals surface area contributed by atoms with Gasteiger partial charge in [-0.3, -0.25) is 15.1 Å². The van der Waals surface area contributed by atoms with Crippen molar-refractivity contribution >= 4 is 0 Å². The van der Waals surface area contributed by atoms with Gasteiger partial charge < -0.3 is 4.57 Å². The number of aromatic nitrogens is 6. The first-order valence-corrected chi connectivity index (χ1v) is 11.3. The summed E-state index contributed by atoms with van der Waals surface area (Å²) in [5.74, 6) is 0.837. The van der Waals surface area contributed by atoms with Gasteiger partial charge in [-0.05, 0) is 44.2 Å². The highest BCUT2D eigenvalue weighted by Crippen LogP contribution is 2.34. The van der Waals surface area contributed by atoms with Crippen LogP contribution >= 0.6 is 0 Å². The van der Waals surface area contributed by atoms with Gasteiger partial charge in [-0.25, -0.2) is 4.98 Å². The number of benzene rings is 1. The molecule has 4 aromatic heterocycles. The quantitative estimate of drug-likeness (QED) is 0.316. The molecule has 36 heavy (non-hydrogen) atoms. The second-order valence-electron chi connectivity index (χ2n) is 9.00. The fourth-order valence-corrected chi connectivity index (χ4v) is 4.08. The zero-order valence-electron chi connectivity index (χ0n) is 19.9. The molecular formula is C27H23F3N6. The van der Waals surface area contributed by atoms with Gasteiger partial charge in [0, 0.05) is 18.0 Å². The lowest BCUT2D eigenvalue weighted by atomic mass is 9.84. The highest BCUT2D eigenvalue weighted by Gasteiger charge is 2.33. The Morgan fingerprint density at radius 2 is 1.42 bits per heavy atom. The molecule has 5 aromatic rings. The lowest BCUT2D eigenvalue weighted by Crippen LogP contribution is -2.22. The largest absolute Gasteiger partial charge is 0.432 e. The van der Waals surface area contributed by atoms with Gasteiger partial charge >= 0.3 is 6.18 Å². The first-order valence-electron chi connectivity index (χ1n) is 11.3. The molecule has 0 aliphatic heterocycles. The van der Waals surface area contributed by atoms with Crippen LogP contribution in [0.15, 0.2) is 79.0 Å². The molecule has 1 aromatic carbocycles. The number of nitrogens with one attached hydrogen (secondary N) is 1. The van der Waals surface area contributed by atoms with E-state index in [2.05, 4.69) is 15.1 Å². The average Bonchev–Trinajstić information content (AvgIpc) is 3.52. The molecular weight excluding hydrogens is 465 g/mol. The topological polar surface area (TPSA) is 72.3 Å². The summed E-state index contributed by atoms with van der Waals surface area (Å²) in [7, 11) is 1.95. The Bertz CT molecular complexity index is 1520. The maximum atomic E-state index is 13.0. The van der Waals surface area contributed by atoms with E-state index in [4.69, 9.17) is 4.98 Å². The van der Waals surface area contributed by atoms with Gasteiger partial charge in [0.1, 0.15) is 17.2 Å². The Balaban J connectivity index is 1.49. The van der Waals surface area contributed by atoms with Crippen LogP contribution in [0.4, 0.5) is 13.2 Å². The van der Waals surface area contributed by atoms with Crippen LogP contribution in [0.2, 0.25) is 0 Å². The van der Waals surface area contributed by atoms with E-state index in [1.165, 1.54) is 0 Å². The normalized spacial score (nSPS) is 12.2. The number of pyridine rings is 2. The van der Waals surface area contributed by atoms with E-state index in [9.17, 15) is 13.2 Å². The van der Waals surface area contributed by atoms with Crippen LogP contribution in [0.25, 0.3) is 34.2 Å². The summed E-state index contributed by atoms with van der Waals surface area (Å²) in [6, 6.07) is 21.9. The van der Waals surface area contributed by atoms with E-state index < -0.39 is 17.3 Å². The van der Waals surface area contributed by atoms with Gasteiger partial charge in [0.15, 0.2) is 0 Å². The van der Waals surface area contributed by atoms with Crippen LogP contribution < -0.4 is 0 Å². The highest BCUT2D eigenvalue weighted by molar-refractivity contribution is 5.63. The summed E-state index contributed by atoms with van der Waals surface area (Å²) < 4.78 is 41.0. The Morgan fingerprint density at radius 1 is 0.778 bits per heavy atom. The molecule has 0 saturated heterocycles. The van der Waals surface area contributed by atoms with Crippen LogP contribution in [0.1, 0.15) is 30.9 Å². The molecule has 0 aliphatic carbocycles. The Kier molecular flexibility index (Phi) is 5.70. The zero-order chi connectivity index (χ0) is 25.5. The van der Waals surface area contributed by atoms with Gasteiger partial charge in [-0.2, -0.15) is 18.3 Å². The summed E-state index contributed by atoms with van der Waals surface area (Å²) in [6.45, 7) is 3.96. The molecule has 5 rings (SSSR count). The minimum Gasteiger partial charge on any atom is -0.326 e. The lowest BCUT2D eigenvalue weighted by molar-refractivity contribution is -0.141. The summed E-state index contributed by atoms with van der Waals surface area (Å²) >= 11 is 0. The Labute approximate surface area is 205 Å². The minimum absolute atomic E-state index is 0.130. The monoisotopic (exact) mass is 488 g/mol. The van der Waals surface area contributed by atoms with Crippen LogP contribution in [-0.2, 0) is 18.6 Å². The second kappa shape index (κ2) is 8.75. The molecule has 0 atom stereocenters. The van der Waals surface area contributed by atoms with E-state index in [1.807, 2.05) is 85.2 Å². The fraction of sp³-hybridized carbons (Fsp3) is 0.185. The van der Waals surface area contributed by atoms with E-state index in [0.29, 0.717) is 11.4 Å². The molecule has 6 nitrogen and oxygen atoms in total. The predicted molar refractivity (Wildman–Crippen MR) is 131 cm³/mol. The van der Waals surface area contributed by atoms with Crippen molar-refractivity contribution in [1.82, 2.24) is 29.7 Å². The SMILES string of the molecule is Cn1c(-c2cccc(C(C)(C)c3cccc(-c4cc(C(F)(F)F)[nH]n4)n3)n2)cnc1-c1ccccc1. The molecule has 1 N–H and O–H groups in total. The molecule has 182 valence electrons. The third-order valence-corrected chi connectivity index (χ3v) is 6.21. The minimum atomic E-state index is -4.50. The number of H-pyrrole nitrogens is 1. The fourth-order valence-electron chi connectivity index (χ4n) is 4.08. The molecule has 0 bridgehead atoms. The van der Waals surface area contributed by atoms with Crippen molar-refractivity contribution in [3.8, 4) is 34.2 Å².